The number of aliphatic carboxylic acids is 1. The van der Waals surface area contributed by atoms with Crippen LogP contribution in [-0.4, -0.2) is 41.1 Å². The predicted molar refractivity (Wildman–Crippen MR) is 83.2 cm³/mol. The molecule has 1 aliphatic heterocycles. The van der Waals surface area contributed by atoms with Gasteiger partial charge in [-0.15, -0.1) is 0 Å². The van der Waals surface area contributed by atoms with Crippen LogP contribution < -0.4 is 5.32 Å². The smallest absolute Gasteiger partial charge is 0.317 e. The number of urea groups is 1. The van der Waals surface area contributed by atoms with E-state index in [0.29, 0.717) is 31.8 Å². The molecule has 2 amide bonds. The molecule has 122 valence electrons. The molecule has 21 heavy (non-hydrogen) atoms. The summed E-state index contributed by atoms with van der Waals surface area (Å²) in [5, 5.41) is 12.6. The molecule has 0 saturated carbocycles. The zero-order valence-corrected chi connectivity index (χ0v) is 13.8. The van der Waals surface area contributed by atoms with E-state index in [1.54, 1.807) is 4.90 Å². The number of nitrogens with one attached hydrogen (secondary N) is 1. The maximum absolute atomic E-state index is 12.4. The molecular formula is C16H30N2O3. The molecule has 3 atom stereocenters. The summed E-state index contributed by atoms with van der Waals surface area (Å²) in [7, 11) is 0. The molecule has 0 aromatic heterocycles. The van der Waals surface area contributed by atoms with Crippen LogP contribution in [0.2, 0.25) is 0 Å². The molecule has 0 spiro atoms. The number of carboxylic acid groups (broad SMARTS) is 1. The fraction of sp³-hybridized carbons (Fsp3) is 0.875. The zero-order chi connectivity index (χ0) is 16.0. The van der Waals surface area contributed by atoms with Gasteiger partial charge in [0.15, 0.2) is 0 Å². The van der Waals surface area contributed by atoms with Crippen LogP contribution in [0.15, 0.2) is 0 Å². The van der Waals surface area contributed by atoms with Crippen LogP contribution in [0.25, 0.3) is 0 Å². The Morgan fingerprint density at radius 2 is 2.00 bits per heavy atom. The van der Waals surface area contributed by atoms with Crippen molar-refractivity contribution in [3.05, 3.63) is 0 Å². The molecule has 1 heterocycles. The van der Waals surface area contributed by atoms with Gasteiger partial charge >= 0.3 is 12.0 Å². The number of carboxylic acids is 1. The third kappa shape index (κ3) is 4.35. The van der Waals surface area contributed by atoms with Crippen molar-refractivity contribution in [3.8, 4) is 0 Å². The number of hydrogen-bond acceptors (Lipinski definition) is 2. The van der Waals surface area contributed by atoms with E-state index in [-0.39, 0.29) is 12.1 Å². The van der Waals surface area contributed by atoms with Gasteiger partial charge in [-0.2, -0.15) is 0 Å². The Bertz CT molecular complexity index is 369. The quantitative estimate of drug-likeness (QED) is 0.791. The number of piperidine rings is 1. The summed E-state index contributed by atoms with van der Waals surface area (Å²) in [6.45, 7) is 9.19. The maximum Gasteiger partial charge on any atom is 0.317 e. The third-order valence-electron chi connectivity index (χ3n) is 4.89. The van der Waals surface area contributed by atoms with Gasteiger partial charge in [0, 0.05) is 19.1 Å². The molecule has 1 saturated heterocycles. The van der Waals surface area contributed by atoms with Crippen molar-refractivity contribution in [1.29, 1.82) is 0 Å². The summed E-state index contributed by atoms with van der Waals surface area (Å²) in [6, 6.07) is -0.0148. The minimum absolute atomic E-state index is 0.106. The number of carbonyl (C=O) groups excluding carboxylic acids is 1. The van der Waals surface area contributed by atoms with Crippen LogP contribution in [-0.2, 0) is 4.79 Å². The molecule has 0 bridgehead atoms. The summed E-state index contributed by atoms with van der Waals surface area (Å²) in [5.41, 5.74) is -0.760. The second-order valence-corrected chi connectivity index (χ2v) is 6.48. The lowest BCUT2D eigenvalue weighted by molar-refractivity contribution is -0.152. The van der Waals surface area contributed by atoms with Crippen LogP contribution in [0.1, 0.15) is 59.8 Å². The van der Waals surface area contributed by atoms with Crippen LogP contribution >= 0.6 is 0 Å². The van der Waals surface area contributed by atoms with Crippen molar-refractivity contribution in [2.24, 2.45) is 11.3 Å². The summed E-state index contributed by atoms with van der Waals surface area (Å²) in [4.78, 5) is 25.7. The number of hydrogen-bond donors (Lipinski definition) is 2. The SMILES string of the molecule is CCCC1(C(=O)O)CCCN(C(=O)NC(C)C(C)CC)C1. The Hall–Kier alpha value is -1.26. The molecule has 5 heteroatoms. The van der Waals surface area contributed by atoms with Gasteiger partial charge in [-0.05, 0) is 32.1 Å². The Kier molecular flexibility index (Phi) is 6.49. The highest BCUT2D eigenvalue weighted by molar-refractivity contribution is 5.79. The lowest BCUT2D eigenvalue weighted by atomic mass is 9.76. The summed E-state index contributed by atoms with van der Waals surface area (Å²) >= 11 is 0. The van der Waals surface area contributed by atoms with Gasteiger partial charge in [-0.25, -0.2) is 4.79 Å². The second kappa shape index (κ2) is 7.66. The van der Waals surface area contributed by atoms with E-state index in [0.717, 1.165) is 19.3 Å². The van der Waals surface area contributed by atoms with Gasteiger partial charge in [0.05, 0.1) is 5.41 Å². The summed E-state index contributed by atoms with van der Waals surface area (Å²) < 4.78 is 0. The number of rotatable bonds is 6. The molecule has 1 fully saturated rings. The molecule has 0 aromatic carbocycles. The summed E-state index contributed by atoms with van der Waals surface area (Å²) in [6.07, 6.45) is 3.90. The fourth-order valence-electron chi connectivity index (χ4n) is 3.05. The third-order valence-corrected chi connectivity index (χ3v) is 4.89. The lowest BCUT2D eigenvalue weighted by Crippen LogP contribution is -2.54. The van der Waals surface area contributed by atoms with Crippen molar-refractivity contribution >= 4 is 12.0 Å². The number of amides is 2. The van der Waals surface area contributed by atoms with Gasteiger partial charge in [-0.1, -0.05) is 33.6 Å². The van der Waals surface area contributed by atoms with Gasteiger partial charge in [-0.3, -0.25) is 4.79 Å². The summed E-state index contributed by atoms with van der Waals surface area (Å²) in [5.74, 6) is -0.351. The van der Waals surface area contributed by atoms with Crippen LogP contribution in [0.4, 0.5) is 4.79 Å². The Labute approximate surface area is 128 Å². The zero-order valence-electron chi connectivity index (χ0n) is 13.8. The standard InChI is InChI=1S/C16H30N2O3/c1-5-8-16(14(19)20)9-7-10-18(11-16)15(21)17-13(4)12(3)6-2/h12-13H,5-11H2,1-4H3,(H,17,21)(H,19,20). The Balaban J connectivity index is 2.70. The highest BCUT2D eigenvalue weighted by Gasteiger charge is 2.42. The van der Waals surface area contributed by atoms with Crippen molar-refractivity contribution < 1.29 is 14.7 Å². The van der Waals surface area contributed by atoms with Crippen molar-refractivity contribution in [2.75, 3.05) is 13.1 Å². The molecule has 0 aromatic rings. The molecule has 1 aliphatic rings. The molecule has 0 radical (unpaired) electrons. The second-order valence-electron chi connectivity index (χ2n) is 6.48. The van der Waals surface area contributed by atoms with E-state index in [9.17, 15) is 14.7 Å². The van der Waals surface area contributed by atoms with E-state index in [1.165, 1.54) is 0 Å². The molecule has 2 N–H and O–H groups in total. The fourth-order valence-corrected chi connectivity index (χ4v) is 3.05. The van der Waals surface area contributed by atoms with Gasteiger partial charge < -0.3 is 15.3 Å². The first-order chi connectivity index (χ1) is 9.86. The molecule has 3 unspecified atom stereocenters. The molecular weight excluding hydrogens is 268 g/mol. The first-order valence-corrected chi connectivity index (χ1v) is 8.15. The van der Waals surface area contributed by atoms with Crippen molar-refractivity contribution in [2.45, 2.75) is 65.8 Å². The normalized spacial score (nSPS) is 25.2. The number of likely N-dealkylation sites (tertiary alicyclic amines) is 1. The molecule has 0 aliphatic carbocycles. The first kappa shape index (κ1) is 17.8. The Morgan fingerprint density at radius 1 is 1.33 bits per heavy atom. The van der Waals surface area contributed by atoms with Crippen LogP contribution in [0, 0.1) is 11.3 Å². The van der Waals surface area contributed by atoms with E-state index in [1.807, 2.05) is 13.8 Å². The van der Waals surface area contributed by atoms with E-state index in [4.69, 9.17) is 0 Å². The van der Waals surface area contributed by atoms with E-state index in [2.05, 4.69) is 19.2 Å². The molecule has 5 nitrogen and oxygen atoms in total. The topological polar surface area (TPSA) is 69.6 Å². The highest BCUT2D eigenvalue weighted by Crippen LogP contribution is 2.35. The minimum atomic E-state index is -0.767. The van der Waals surface area contributed by atoms with Crippen LogP contribution in [0.3, 0.4) is 0 Å². The van der Waals surface area contributed by atoms with Gasteiger partial charge in [0.25, 0.3) is 0 Å². The van der Waals surface area contributed by atoms with Crippen molar-refractivity contribution in [1.82, 2.24) is 10.2 Å². The minimum Gasteiger partial charge on any atom is -0.481 e. The average molecular weight is 298 g/mol. The lowest BCUT2D eigenvalue weighted by Gasteiger charge is -2.40. The van der Waals surface area contributed by atoms with E-state index >= 15 is 0 Å². The van der Waals surface area contributed by atoms with E-state index < -0.39 is 11.4 Å². The van der Waals surface area contributed by atoms with Gasteiger partial charge in [0.1, 0.15) is 0 Å². The number of nitrogens with zero attached hydrogens (tertiary/aromatic N) is 1. The largest absolute Gasteiger partial charge is 0.481 e. The van der Waals surface area contributed by atoms with Crippen molar-refractivity contribution in [3.63, 3.8) is 0 Å². The molecule has 1 rings (SSSR count). The maximum atomic E-state index is 12.4. The number of carbonyl (C=O) groups is 2. The highest BCUT2D eigenvalue weighted by atomic mass is 16.4. The first-order valence-electron chi connectivity index (χ1n) is 8.15. The monoisotopic (exact) mass is 298 g/mol. The average Bonchev–Trinajstić information content (AvgIpc) is 2.46. The van der Waals surface area contributed by atoms with Gasteiger partial charge in [0.2, 0.25) is 0 Å². The van der Waals surface area contributed by atoms with Crippen LogP contribution in [0.5, 0.6) is 0 Å². The predicted octanol–water partition coefficient (Wildman–Crippen LogP) is 3.10. The Morgan fingerprint density at radius 3 is 2.52 bits per heavy atom.